The highest BCUT2D eigenvalue weighted by Gasteiger charge is 2.33. The highest BCUT2D eigenvalue weighted by Crippen LogP contribution is 2.25. The Morgan fingerprint density at radius 2 is 2.15 bits per heavy atom. The lowest BCUT2D eigenvalue weighted by Crippen LogP contribution is -2.36. The zero-order valence-corrected chi connectivity index (χ0v) is 13.6. The number of aryl methyl sites for hydroxylation is 1. The van der Waals surface area contributed by atoms with Gasteiger partial charge >= 0.3 is 0 Å². The number of hydrogen-bond acceptors (Lipinski definition) is 4. The third kappa shape index (κ3) is 3.35. The number of thioether (sulfide) groups is 1. The van der Waals surface area contributed by atoms with Crippen LogP contribution in [-0.2, 0) is 6.54 Å². The summed E-state index contributed by atoms with van der Waals surface area (Å²) in [7, 11) is 4.33. The summed E-state index contributed by atoms with van der Waals surface area (Å²) in [4.78, 5) is 4.83. The van der Waals surface area contributed by atoms with Crippen molar-refractivity contribution in [3.05, 3.63) is 34.9 Å². The van der Waals surface area contributed by atoms with Gasteiger partial charge < -0.3 is 4.90 Å². The zero-order chi connectivity index (χ0) is 14.7. The minimum atomic E-state index is 0.617. The largest absolute Gasteiger partial charge is 0.304 e. The maximum absolute atomic E-state index is 9.13. The van der Waals surface area contributed by atoms with Gasteiger partial charge in [-0.25, -0.2) is 0 Å². The van der Waals surface area contributed by atoms with E-state index in [1.54, 1.807) is 0 Å². The topological polar surface area (TPSA) is 30.3 Å². The third-order valence-corrected chi connectivity index (χ3v) is 5.18. The molecule has 0 aliphatic carbocycles. The van der Waals surface area contributed by atoms with E-state index in [1.165, 1.54) is 5.56 Å². The molecule has 2 atom stereocenters. The predicted molar refractivity (Wildman–Crippen MR) is 85.9 cm³/mol. The lowest BCUT2D eigenvalue weighted by Gasteiger charge is -2.23. The van der Waals surface area contributed by atoms with Crippen molar-refractivity contribution < 1.29 is 0 Å². The minimum Gasteiger partial charge on any atom is -0.304 e. The highest BCUT2D eigenvalue weighted by molar-refractivity contribution is 7.99. The van der Waals surface area contributed by atoms with E-state index in [0.29, 0.717) is 11.3 Å². The van der Waals surface area contributed by atoms with Gasteiger partial charge in [0.15, 0.2) is 0 Å². The van der Waals surface area contributed by atoms with Crippen molar-refractivity contribution in [3.63, 3.8) is 0 Å². The van der Waals surface area contributed by atoms with Crippen LogP contribution < -0.4 is 0 Å². The van der Waals surface area contributed by atoms with Gasteiger partial charge in [0.25, 0.3) is 0 Å². The van der Waals surface area contributed by atoms with Crippen molar-refractivity contribution in [3.8, 4) is 6.07 Å². The quantitative estimate of drug-likeness (QED) is 0.851. The van der Waals surface area contributed by atoms with Crippen molar-refractivity contribution in [1.82, 2.24) is 9.80 Å². The molecule has 0 aromatic heterocycles. The fraction of sp³-hybridized carbons (Fsp3) is 0.562. The molecule has 0 spiro atoms. The van der Waals surface area contributed by atoms with Crippen LogP contribution in [0.2, 0.25) is 0 Å². The first-order valence-electron chi connectivity index (χ1n) is 6.96. The molecule has 0 amide bonds. The van der Waals surface area contributed by atoms with Gasteiger partial charge in [0.05, 0.1) is 11.6 Å². The molecule has 1 heterocycles. The van der Waals surface area contributed by atoms with Crippen molar-refractivity contribution in [2.45, 2.75) is 24.8 Å². The Balaban J connectivity index is 2.06. The fourth-order valence-electron chi connectivity index (χ4n) is 2.84. The molecule has 20 heavy (non-hydrogen) atoms. The lowest BCUT2D eigenvalue weighted by molar-refractivity contribution is 0.265. The predicted octanol–water partition coefficient (Wildman–Crippen LogP) is 2.34. The van der Waals surface area contributed by atoms with E-state index in [2.05, 4.69) is 48.4 Å². The number of likely N-dealkylation sites (N-methyl/N-ethyl adjacent to an activating group) is 1. The van der Waals surface area contributed by atoms with Gasteiger partial charge in [0.1, 0.15) is 0 Å². The molecule has 4 heteroatoms. The van der Waals surface area contributed by atoms with E-state index in [9.17, 15) is 0 Å². The number of nitrogens with zero attached hydrogens (tertiary/aromatic N) is 3. The molecule has 1 aromatic carbocycles. The second-order valence-electron chi connectivity index (χ2n) is 5.76. The summed E-state index contributed by atoms with van der Waals surface area (Å²) in [6.45, 7) is 5.16. The first kappa shape index (κ1) is 15.4. The van der Waals surface area contributed by atoms with E-state index in [-0.39, 0.29) is 0 Å². The summed E-state index contributed by atoms with van der Waals surface area (Å²) in [6, 6.07) is 9.13. The van der Waals surface area contributed by atoms with E-state index in [0.717, 1.165) is 30.8 Å². The van der Waals surface area contributed by atoms with Gasteiger partial charge in [-0.05, 0) is 44.5 Å². The van der Waals surface area contributed by atoms with E-state index in [4.69, 9.17) is 5.26 Å². The summed E-state index contributed by atoms with van der Waals surface area (Å²) in [5.74, 6) is 0. The monoisotopic (exact) mass is 289 g/mol. The molecule has 1 fully saturated rings. The van der Waals surface area contributed by atoms with Crippen LogP contribution in [-0.4, -0.2) is 54.5 Å². The second-order valence-corrected chi connectivity index (χ2v) is 6.84. The SMILES string of the molecule is CSC1CN(Cc2ccc(C)c(C#N)c2)CC1N(C)C. The normalized spacial score (nSPS) is 23.2. The molecule has 1 aromatic rings. The van der Waals surface area contributed by atoms with E-state index < -0.39 is 0 Å². The molecule has 108 valence electrons. The average molecular weight is 289 g/mol. The maximum Gasteiger partial charge on any atom is 0.0994 e. The van der Waals surface area contributed by atoms with Crippen LogP contribution in [0, 0.1) is 18.3 Å². The Hall–Kier alpha value is -1.02. The molecule has 0 bridgehead atoms. The van der Waals surface area contributed by atoms with Crippen molar-refractivity contribution in [2.75, 3.05) is 33.4 Å². The van der Waals surface area contributed by atoms with Crippen molar-refractivity contribution in [2.24, 2.45) is 0 Å². The molecule has 2 unspecified atom stereocenters. The maximum atomic E-state index is 9.13. The number of nitriles is 1. The van der Waals surface area contributed by atoms with Crippen LogP contribution in [0.25, 0.3) is 0 Å². The lowest BCUT2D eigenvalue weighted by atomic mass is 10.1. The van der Waals surface area contributed by atoms with Gasteiger partial charge in [-0.15, -0.1) is 0 Å². The first-order valence-corrected chi connectivity index (χ1v) is 8.25. The summed E-state index contributed by atoms with van der Waals surface area (Å²) >= 11 is 1.96. The molecule has 1 saturated heterocycles. The smallest absolute Gasteiger partial charge is 0.0994 e. The second kappa shape index (κ2) is 6.62. The van der Waals surface area contributed by atoms with Crippen LogP contribution in [0.5, 0.6) is 0 Å². The van der Waals surface area contributed by atoms with Gasteiger partial charge in [-0.3, -0.25) is 4.90 Å². The van der Waals surface area contributed by atoms with E-state index in [1.807, 2.05) is 24.8 Å². The Bertz CT molecular complexity index is 507. The van der Waals surface area contributed by atoms with Gasteiger partial charge in [-0.2, -0.15) is 17.0 Å². The van der Waals surface area contributed by atoms with Gasteiger partial charge in [-0.1, -0.05) is 12.1 Å². The molecule has 2 rings (SSSR count). The molecular weight excluding hydrogens is 266 g/mol. The summed E-state index contributed by atoms with van der Waals surface area (Å²) < 4.78 is 0. The Morgan fingerprint density at radius 3 is 2.70 bits per heavy atom. The molecule has 3 nitrogen and oxygen atoms in total. The van der Waals surface area contributed by atoms with Crippen LogP contribution >= 0.6 is 11.8 Å². The minimum absolute atomic E-state index is 0.617. The number of benzene rings is 1. The van der Waals surface area contributed by atoms with E-state index >= 15 is 0 Å². The Kier molecular flexibility index (Phi) is 5.09. The van der Waals surface area contributed by atoms with Crippen LogP contribution in [0.4, 0.5) is 0 Å². The molecule has 1 aliphatic rings. The molecule has 1 aliphatic heterocycles. The Labute approximate surface area is 126 Å². The highest BCUT2D eigenvalue weighted by atomic mass is 32.2. The molecule has 0 radical (unpaired) electrons. The number of hydrogen-bond donors (Lipinski definition) is 0. The van der Waals surface area contributed by atoms with Crippen LogP contribution in [0.15, 0.2) is 18.2 Å². The summed E-state index contributed by atoms with van der Waals surface area (Å²) in [6.07, 6.45) is 2.20. The molecular formula is C16H23N3S. The standard InChI is InChI=1S/C16H23N3S/c1-12-5-6-13(7-14(12)8-17)9-19-10-15(18(2)3)16(11-19)20-4/h5-7,15-16H,9-11H2,1-4H3. The van der Waals surface area contributed by atoms with Crippen LogP contribution in [0.1, 0.15) is 16.7 Å². The summed E-state index contributed by atoms with van der Waals surface area (Å²) in [5.41, 5.74) is 3.10. The fourth-order valence-corrected chi connectivity index (χ4v) is 3.84. The summed E-state index contributed by atoms with van der Waals surface area (Å²) in [5, 5.41) is 9.80. The average Bonchev–Trinajstić information content (AvgIpc) is 2.84. The van der Waals surface area contributed by atoms with Gasteiger partial charge in [0, 0.05) is 30.9 Å². The molecule has 0 saturated carbocycles. The first-order chi connectivity index (χ1) is 9.55. The molecule has 0 N–H and O–H groups in total. The van der Waals surface area contributed by atoms with Crippen molar-refractivity contribution >= 4 is 11.8 Å². The van der Waals surface area contributed by atoms with Crippen molar-refractivity contribution in [1.29, 1.82) is 5.26 Å². The third-order valence-electron chi connectivity index (χ3n) is 4.11. The van der Waals surface area contributed by atoms with Crippen LogP contribution in [0.3, 0.4) is 0 Å². The number of rotatable bonds is 4. The number of likely N-dealkylation sites (tertiary alicyclic amines) is 1. The Morgan fingerprint density at radius 1 is 1.40 bits per heavy atom. The van der Waals surface area contributed by atoms with Gasteiger partial charge in [0.2, 0.25) is 0 Å². The zero-order valence-electron chi connectivity index (χ0n) is 12.8.